The van der Waals surface area contributed by atoms with Crippen molar-refractivity contribution in [3.05, 3.63) is 103 Å². The van der Waals surface area contributed by atoms with Crippen molar-refractivity contribution in [3.63, 3.8) is 0 Å². The lowest BCUT2D eigenvalue weighted by molar-refractivity contribution is 0.0697. The molecule has 32 heavy (non-hydrogen) atoms. The van der Waals surface area contributed by atoms with Crippen molar-refractivity contribution in [2.75, 3.05) is 25.1 Å². The van der Waals surface area contributed by atoms with E-state index in [0.29, 0.717) is 18.7 Å². The van der Waals surface area contributed by atoms with Gasteiger partial charge in [0.05, 0.1) is 12.1 Å². The van der Waals surface area contributed by atoms with Gasteiger partial charge in [0, 0.05) is 37.7 Å². The van der Waals surface area contributed by atoms with Gasteiger partial charge in [-0.2, -0.15) is 0 Å². The Balaban J connectivity index is 1.37. The van der Waals surface area contributed by atoms with E-state index in [1.165, 1.54) is 0 Å². The first-order valence-electron chi connectivity index (χ1n) is 10.4. The summed E-state index contributed by atoms with van der Waals surface area (Å²) in [5, 5.41) is 9.60. The minimum atomic E-state index is -0.929. The summed E-state index contributed by atoms with van der Waals surface area (Å²) in [5.74, 6) is 0.780. The zero-order chi connectivity index (χ0) is 22.3. The molecule has 0 saturated heterocycles. The van der Waals surface area contributed by atoms with Gasteiger partial charge in [0.1, 0.15) is 18.2 Å². The maximum Gasteiger partial charge on any atom is 0.337 e. The first-order valence-corrected chi connectivity index (χ1v) is 10.4. The smallest absolute Gasteiger partial charge is 0.337 e. The predicted octanol–water partition coefficient (Wildman–Crippen LogP) is 4.81. The summed E-state index contributed by atoms with van der Waals surface area (Å²) in [6.07, 6.45) is 5.34. The molecule has 0 spiro atoms. The fourth-order valence-electron chi connectivity index (χ4n) is 3.51. The summed E-state index contributed by atoms with van der Waals surface area (Å²) < 4.78 is 7.77. The molecule has 4 aromatic rings. The van der Waals surface area contributed by atoms with Crippen LogP contribution in [0.1, 0.15) is 15.9 Å². The van der Waals surface area contributed by atoms with Gasteiger partial charge in [-0.25, -0.2) is 9.78 Å². The van der Waals surface area contributed by atoms with Crippen LogP contribution in [0.3, 0.4) is 0 Å². The number of carboxylic acid groups (broad SMARTS) is 1. The van der Waals surface area contributed by atoms with Crippen LogP contribution in [-0.4, -0.2) is 40.8 Å². The maximum atomic E-state index is 11.7. The Kier molecular flexibility index (Phi) is 6.51. The van der Waals surface area contributed by atoms with Crippen LogP contribution in [0.4, 0.5) is 5.82 Å². The molecule has 0 bridgehead atoms. The normalized spacial score (nSPS) is 10.7. The van der Waals surface area contributed by atoms with Crippen LogP contribution in [0.25, 0.3) is 11.1 Å². The summed E-state index contributed by atoms with van der Waals surface area (Å²) in [5.41, 5.74) is 2.97. The largest absolute Gasteiger partial charge is 0.492 e. The third kappa shape index (κ3) is 5.16. The first-order chi connectivity index (χ1) is 15.6. The Morgan fingerprint density at radius 3 is 2.44 bits per heavy atom. The van der Waals surface area contributed by atoms with E-state index < -0.39 is 5.97 Å². The quantitative estimate of drug-likeness (QED) is 0.415. The number of hydrogen-bond donors (Lipinski definition) is 1. The molecule has 0 saturated carbocycles. The summed E-state index contributed by atoms with van der Waals surface area (Å²) in [6.45, 7) is 1.85. The highest BCUT2D eigenvalue weighted by Gasteiger charge is 2.15. The minimum Gasteiger partial charge on any atom is -0.492 e. The van der Waals surface area contributed by atoms with E-state index in [0.717, 1.165) is 34.8 Å². The fraction of sp³-hybridized carbons (Fsp3) is 0.154. The van der Waals surface area contributed by atoms with Crippen LogP contribution >= 0.6 is 0 Å². The van der Waals surface area contributed by atoms with Crippen LogP contribution in [0.15, 0.2) is 91.4 Å². The van der Waals surface area contributed by atoms with E-state index in [-0.39, 0.29) is 0 Å². The Labute approximate surface area is 187 Å². The molecular weight excluding hydrogens is 402 g/mol. The fourth-order valence-corrected chi connectivity index (χ4v) is 3.51. The molecule has 6 nitrogen and oxygen atoms in total. The van der Waals surface area contributed by atoms with Crippen LogP contribution in [-0.2, 0) is 6.54 Å². The molecule has 4 rings (SSSR count). The Hall–Kier alpha value is -4.06. The zero-order valence-electron chi connectivity index (χ0n) is 17.9. The van der Waals surface area contributed by atoms with E-state index in [1.54, 1.807) is 12.4 Å². The minimum absolute atomic E-state index is 0.299. The third-order valence-electron chi connectivity index (χ3n) is 5.22. The van der Waals surface area contributed by atoms with Crippen LogP contribution in [0, 0.1) is 0 Å². The summed E-state index contributed by atoms with van der Waals surface area (Å²) in [7, 11) is 1.99. The van der Waals surface area contributed by atoms with Gasteiger partial charge in [-0.1, -0.05) is 48.5 Å². The summed E-state index contributed by atoms with van der Waals surface area (Å²) in [4.78, 5) is 18.1. The van der Waals surface area contributed by atoms with Gasteiger partial charge in [0.15, 0.2) is 0 Å². The second kappa shape index (κ2) is 9.83. The van der Waals surface area contributed by atoms with Crippen molar-refractivity contribution in [3.8, 4) is 16.9 Å². The van der Waals surface area contributed by atoms with Gasteiger partial charge in [0.25, 0.3) is 0 Å². The number of carboxylic acids is 1. The number of rotatable bonds is 9. The Morgan fingerprint density at radius 1 is 1.00 bits per heavy atom. The highest BCUT2D eigenvalue weighted by molar-refractivity contribution is 5.96. The molecule has 0 radical (unpaired) electrons. The van der Waals surface area contributed by atoms with E-state index in [2.05, 4.69) is 4.98 Å². The number of aromatic nitrogens is 2. The van der Waals surface area contributed by atoms with Gasteiger partial charge in [-0.05, 0) is 35.4 Å². The second-order valence-electron chi connectivity index (χ2n) is 7.53. The van der Waals surface area contributed by atoms with Gasteiger partial charge in [0.2, 0.25) is 0 Å². The van der Waals surface area contributed by atoms with Crippen molar-refractivity contribution < 1.29 is 14.6 Å². The van der Waals surface area contributed by atoms with Crippen molar-refractivity contribution in [2.45, 2.75) is 6.54 Å². The second-order valence-corrected chi connectivity index (χ2v) is 7.53. The summed E-state index contributed by atoms with van der Waals surface area (Å²) >= 11 is 0. The molecule has 0 atom stereocenters. The number of benzene rings is 2. The van der Waals surface area contributed by atoms with Gasteiger partial charge in [-0.15, -0.1) is 0 Å². The number of pyridine rings is 1. The highest BCUT2D eigenvalue weighted by atomic mass is 16.5. The molecule has 0 aliphatic heterocycles. The molecule has 162 valence electrons. The molecule has 0 aliphatic carbocycles. The molecule has 0 amide bonds. The number of nitrogens with zero attached hydrogens (tertiary/aromatic N) is 3. The number of aromatic carboxylic acids is 1. The molecule has 0 fully saturated rings. The third-order valence-corrected chi connectivity index (χ3v) is 5.22. The molecule has 6 heteroatoms. The standard InChI is InChI=1S/C26H25N3O3/c1-28(25-9-5-6-14-27-25)15-16-32-22-12-10-20(11-13-22)17-29-18-23(24(19-29)26(30)31)21-7-3-2-4-8-21/h2-14,18-19H,15-17H2,1H3,(H,30,31). The van der Waals surface area contributed by atoms with E-state index in [4.69, 9.17) is 4.74 Å². The SMILES string of the molecule is CN(CCOc1ccc(Cn2cc(C(=O)O)c(-c3ccccc3)c2)cc1)c1ccccn1. The lowest BCUT2D eigenvalue weighted by atomic mass is 10.1. The van der Waals surface area contributed by atoms with Gasteiger partial charge in [-0.3, -0.25) is 0 Å². The van der Waals surface area contributed by atoms with Crippen molar-refractivity contribution in [1.29, 1.82) is 0 Å². The maximum absolute atomic E-state index is 11.7. The number of carbonyl (C=O) groups is 1. The van der Waals surface area contributed by atoms with E-state index in [1.807, 2.05) is 95.5 Å². The molecule has 2 aromatic carbocycles. The highest BCUT2D eigenvalue weighted by Crippen LogP contribution is 2.25. The number of anilines is 1. The molecule has 1 N–H and O–H groups in total. The predicted molar refractivity (Wildman–Crippen MR) is 125 cm³/mol. The van der Waals surface area contributed by atoms with Crippen LogP contribution in [0.5, 0.6) is 5.75 Å². The molecular formula is C26H25N3O3. The number of hydrogen-bond acceptors (Lipinski definition) is 4. The number of ether oxygens (including phenoxy) is 1. The van der Waals surface area contributed by atoms with Crippen molar-refractivity contribution >= 4 is 11.8 Å². The Bertz CT molecular complexity index is 1160. The van der Waals surface area contributed by atoms with Gasteiger partial charge >= 0.3 is 5.97 Å². The average Bonchev–Trinajstić information content (AvgIpc) is 3.25. The average molecular weight is 428 g/mol. The van der Waals surface area contributed by atoms with E-state index >= 15 is 0 Å². The number of likely N-dealkylation sites (N-methyl/N-ethyl adjacent to an activating group) is 1. The van der Waals surface area contributed by atoms with Crippen LogP contribution < -0.4 is 9.64 Å². The lowest BCUT2D eigenvalue weighted by Crippen LogP contribution is -2.24. The molecule has 0 aliphatic rings. The molecule has 2 heterocycles. The van der Waals surface area contributed by atoms with Crippen molar-refractivity contribution in [1.82, 2.24) is 9.55 Å². The van der Waals surface area contributed by atoms with Crippen molar-refractivity contribution in [2.24, 2.45) is 0 Å². The Morgan fingerprint density at radius 2 is 1.75 bits per heavy atom. The van der Waals surface area contributed by atoms with Crippen LogP contribution in [0.2, 0.25) is 0 Å². The zero-order valence-corrected chi connectivity index (χ0v) is 17.9. The monoisotopic (exact) mass is 427 g/mol. The molecule has 2 aromatic heterocycles. The lowest BCUT2D eigenvalue weighted by Gasteiger charge is -2.18. The topological polar surface area (TPSA) is 67.6 Å². The first kappa shape index (κ1) is 21.2. The van der Waals surface area contributed by atoms with Gasteiger partial charge < -0.3 is 19.3 Å². The van der Waals surface area contributed by atoms with E-state index in [9.17, 15) is 9.90 Å². The molecule has 0 unspecified atom stereocenters. The summed E-state index contributed by atoms with van der Waals surface area (Å²) in [6, 6.07) is 23.3.